The van der Waals surface area contributed by atoms with E-state index in [1.54, 1.807) is 14.1 Å². The van der Waals surface area contributed by atoms with Crippen LogP contribution < -0.4 is 5.73 Å². The largest absolute Gasteiger partial charge is 0.510 e. The average Bonchev–Trinajstić information content (AvgIpc) is 3.31. The Morgan fingerprint density at radius 3 is 2.33 bits per heavy atom. The van der Waals surface area contributed by atoms with E-state index >= 15 is 4.39 Å². The van der Waals surface area contributed by atoms with Crippen molar-refractivity contribution in [3.05, 3.63) is 50.7 Å². The number of carbonyl (C=O) groups excluding carboxylic acids is 3. The van der Waals surface area contributed by atoms with Crippen LogP contribution in [0.3, 0.4) is 0 Å². The number of phenolic OH excluding ortho intramolecular Hbond substituents is 1. The normalized spacial score (nSPS) is 29.0. The molecule has 39 heavy (non-hydrogen) atoms. The van der Waals surface area contributed by atoms with Crippen molar-refractivity contribution >= 4 is 17.5 Å². The standard InChI is InChI=1S/C28H34FN3O7/c1-6-27(2,3)32-9-13-14(10-32)21(33)17-12(19(13)29)7-11-8-15-20(31(4)5)23(35)18(26(30)38)25(37)28(15,39)24(36)16(11)22(17)34/h11,15,20,33,35-36,39H,6-10H2,1-5H3,(H2,30,38)/t11-,15-,20-,28-/m0/s1. The van der Waals surface area contributed by atoms with Crippen LogP contribution in [0.5, 0.6) is 5.75 Å². The Morgan fingerprint density at radius 2 is 1.77 bits per heavy atom. The predicted octanol–water partition coefficient (Wildman–Crippen LogP) is 1.76. The van der Waals surface area contributed by atoms with E-state index < -0.39 is 63.9 Å². The fourth-order valence-electron chi connectivity index (χ4n) is 6.87. The summed E-state index contributed by atoms with van der Waals surface area (Å²) >= 11 is 0. The zero-order valence-corrected chi connectivity index (χ0v) is 22.6. The number of fused-ring (bicyclic) bond motifs is 4. The summed E-state index contributed by atoms with van der Waals surface area (Å²) in [5.74, 6) is -8.00. The topological polar surface area (TPSA) is 165 Å². The molecule has 0 saturated carbocycles. The molecule has 1 aliphatic heterocycles. The molecule has 5 rings (SSSR count). The molecule has 1 heterocycles. The number of hydrogen-bond acceptors (Lipinski definition) is 9. The zero-order valence-electron chi connectivity index (χ0n) is 22.6. The summed E-state index contributed by atoms with van der Waals surface area (Å²) in [4.78, 5) is 42.8. The quantitative estimate of drug-likeness (QED) is 0.356. The summed E-state index contributed by atoms with van der Waals surface area (Å²) in [5, 5.41) is 45.1. The monoisotopic (exact) mass is 543 g/mol. The number of ketones is 2. The molecule has 1 aromatic rings. The minimum absolute atomic E-state index is 0.0283. The van der Waals surface area contributed by atoms with E-state index in [0.29, 0.717) is 11.1 Å². The third kappa shape index (κ3) is 3.46. The maximum absolute atomic E-state index is 16.0. The average molecular weight is 544 g/mol. The highest BCUT2D eigenvalue weighted by Crippen LogP contribution is 2.53. The number of aromatic hydroxyl groups is 1. The Morgan fingerprint density at radius 1 is 1.15 bits per heavy atom. The molecule has 4 atom stereocenters. The van der Waals surface area contributed by atoms with Crippen molar-refractivity contribution in [3.63, 3.8) is 0 Å². The summed E-state index contributed by atoms with van der Waals surface area (Å²) in [6.45, 7) is 6.54. The number of amides is 1. The van der Waals surface area contributed by atoms with Crippen LogP contribution in [0.1, 0.15) is 60.7 Å². The third-order valence-electron chi connectivity index (χ3n) is 9.45. The number of phenols is 1. The smallest absolute Gasteiger partial charge is 0.255 e. The molecule has 1 aromatic carbocycles. The lowest BCUT2D eigenvalue weighted by molar-refractivity contribution is -0.148. The number of nitrogens with two attached hydrogens (primary N) is 1. The second-order valence-corrected chi connectivity index (χ2v) is 12.0. The number of halogens is 1. The highest BCUT2D eigenvalue weighted by Gasteiger charge is 2.63. The van der Waals surface area contributed by atoms with E-state index in [-0.39, 0.29) is 53.9 Å². The van der Waals surface area contributed by atoms with Gasteiger partial charge in [-0.05, 0) is 53.1 Å². The summed E-state index contributed by atoms with van der Waals surface area (Å²) in [6, 6.07) is -1.10. The predicted molar refractivity (Wildman–Crippen MR) is 137 cm³/mol. The number of allylic oxidation sites excluding steroid dienone is 1. The Balaban J connectivity index is 1.68. The van der Waals surface area contributed by atoms with Crippen LogP contribution in [0.15, 0.2) is 22.7 Å². The van der Waals surface area contributed by atoms with Gasteiger partial charge >= 0.3 is 0 Å². The molecule has 210 valence electrons. The van der Waals surface area contributed by atoms with E-state index in [1.807, 2.05) is 25.7 Å². The van der Waals surface area contributed by atoms with Crippen molar-refractivity contribution in [1.82, 2.24) is 9.80 Å². The molecule has 1 amide bonds. The number of primary amides is 1. The first kappa shape index (κ1) is 27.3. The molecule has 0 bridgehead atoms. The minimum atomic E-state index is -2.72. The summed E-state index contributed by atoms with van der Waals surface area (Å²) in [6.07, 6.45) is 0.622. The Labute approximate surface area is 225 Å². The minimum Gasteiger partial charge on any atom is -0.510 e. The molecule has 6 N–H and O–H groups in total. The lowest BCUT2D eigenvalue weighted by Crippen LogP contribution is -2.63. The van der Waals surface area contributed by atoms with E-state index in [4.69, 9.17) is 5.73 Å². The number of carbonyl (C=O) groups is 3. The van der Waals surface area contributed by atoms with Crippen LogP contribution in [0.2, 0.25) is 0 Å². The van der Waals surface area contributed by atoms with E-state index in [1.165, 1.54) is 4.90 Å². The van der Waals surface area contributed by atoms with Gasteiger partial charge in [0.25, 0.3) is 5.91 Å². The Kier molecular flexibility index (Phi) is 6.02. The van der Waals surface area contributed by atoms with Crippen molar-refractivity contribution in [2.24, 2.45) is 17.6 Å². The molecule has 0 saturated heterocycles. The van der Waals surface area contributed by atoms with Crippen molar-refractivity contribution in [2.75, 3.05) is 14.1 Å². The Bertz CT molecular complexity index is 1410. The van der Waals surface area contributed by atoms with Crippen LogP contribution in [0.4, 0.5) is 4.39 Å². The molecular formula is C28H34FN3O7. The van der Waals surface area contributed by atoms with E-state index in [2.05, 4.69) is 0 Å². The van der Waals surface area contributed by atoms with Crippen molar-refractivity contribution in [1.29, 1.82) is 0 Å². The fourth-order valence-corrected chi connectivity index (χ4v) is 6.87. The second kappa shape index (κ2) is 8.61. The lowest BCUT2D eigenvalue weighted by Gasteiger charge is -2.50. The number of aliphatic hydroxyl groups excluding tert-OH is 2. The van der Waals surface area contributed by atoms with Gasteiger partial charge in [-0.2, -0.15) is 0 Å². The third-order valence-corrected chi connectivity index (χ3v) is 9.45. The van der Waals surface area contributed by atoms with Gasteiger partial charge in [-0.25, -0.2) is 4.39 Å². The molecule has 0 aromatic heterocycles. The van der Waals surface area contributed by atoms with Crippen LogP contribution in [0.25, 0.3) is 0 Å². The van der Waals surface area contributed by atoms with Gasteiger partial charge in [-0.1, -0.05) is 6.92 Å². The summed E-state index contributed by atoms with van der Waals surface area (Å²) in [7, 11) is 3.11. The molecule has 3 aliphatic carbocycles. The van der Waals surface area contributed by atoms with Gasteiger partial charge in [0.15, 0.2) is 11.4 Å². The van der Waals surface area contributed by atoms with Crippen LogP contribution in [-0.4, -0.2) is 79.0 Å². The van der Waals surface area contributed by atoms with Crippen LogP contribution >= 0.6 is 0 Å². The SMILES string of the molecule is CCC(C)(C)N1Cc2c(O)c3c(c(F)c2C1)C[C@H]1C[C@H]2[C@H](N(C)C)C(O)=C(C(N)=O)C(=O)[C@@]2(O)C(O)=C1C3=O. The number of hydrogen-bond donors (Lipinski definition) is 5. The van der Waals surface area contributed by atoms with Gasteiger partial charge in [0, 0.05) is 46.8 Å². The van der Waals surface area contributed by atoms with Crippen molar-refractivity contribution in [2.45, 2.75) is 70.3 Å². The number of Topliss-reactive ketones (excluding diaryl/α,β-unsaturated/α-hetero) is 2. The highest BCUT2D eigenvalue weighted by molar-refractivity contribution is 6.24. The molecule has 0 radical (unpaired) electrons. The molecule has 0 unspecified atom stereocenters. The molecule has 0 fully saturated rings. The first-order chi connectivity index (χ1) is 18.1. The number of likely N-dealkylation sites (N-methyl/N-ethyl adjacent to an activating group) is 1. The lowest BCUT2D eigenvalue weighted by atomic mass is 9.58. The number of rotatable bonds is 4. The second-order valence-electron chi connectivity index (χ2n) is 12.0. The summed E-state index contributed by atoms with van der Waals surface area (Å²) < 4.78 is 16.0. The number of benzene rings is 1. The van der Waals surface area contributed by atoms with Crippen molar-refractivity contribution in [3.8, 4) is 5.75 Å². The fraction of sp³-hybridized carbons (Fsp3) is 0.536. The molecule has 4 aliphatic rings. The molecule has 11 heteroatoms. The zero-order chi connectivity index (χ0) is 28.9. The van der Waals surface area contributed by atoms with E-state index in [9.17, 15) is 34.8 Å². The van der Waals surface area contributed by atoms with Crippen molar-refractivity contribution < 1.29 is 39.2 Å². The highest BCUT2D eigenvalue weighted by atomic mass is 19.1. The van der Waals surface area contributed by atoms with Gasteiger partial charge < -0.3 is 26.2 Å². The van der Waals surface area contributed by atoms with Crippen LogP contribution in [0, 0.1) is 17.7 Å². The Hall–Kier alpha value is -3.28. The van der Waals surface area contributed by atoms with Gasteiger partial charge in [0.2, 0.25) is 5.78 Å². The first-order valence-corrected chi connectivity index (χ1v) is 13.0. The van der Waals surface area contributed by atoms with Crippen LogP contribution in [-0.2, 0) is 29.1 Å². The molecule has 10 nitrogen and oxygen atoms in total. The van der Waals surface area contributed by atoms with E-state index in [0.717, 1.165) is 6.42 Å². The maximum atomic E-state index is 16.0. The van der Waals surface area contributed by atoms with Gasteiger partial charge in [0.05, 0.1) is 11.6 Å². The van der Waals surface area contributed by atoms with Gasteiger partial charge in [-0.15, -0.1) is 0 Å². The number of nitrogens with zero attached hydrogens (tertiary/aromatic N) is 2. The summed E-state index contributed by atoms with van der Waals surface area (Å²) in [5.41, 5.74) is 1.54. The maximum Gasteiger partial charge on any atom is 0.255 e. The molecular weight excluding hydrogens is 509 g/mol. The number of aliphatic hydroxyl groups is 3. The van der Waals surface area contributed by atoms with Gasteiger partial charge in [0.1, 0.15) is 28.7 Å². The first-order valence-electron chi connectivity index (χ1n) is 13.0. The molecule has 0 spiro atoms. The van der Waals surface area contributed by atoms with Gasteiger partial charge in [-0.3, -0.25) is 24.2 Å².